The Balaban J connectivity index is 1.99. The van der Waals surface area contributed by atoms with Gasteiger partial charge in [-0.15, -0.1) is 11.3 Å². The van der Waals surface area contributed by atoms with Crippen LogP contribution in [0.4, 0.5) is 5.13 Å². The normalized spacial score (nSPS) is 10.9. The molecule has 4 nitrogen and oxygen atoms in total. The third-order valence-corrected chi connectivity index (χ3v) is 3.96. The summed E-state index contributed by atoms with van der Waals surface area (Å²) in [5.74, 6) is 0.0927. The van der Waals surface area contributed by atoms with Crippen molar-refractivity contribution in [3.63, 3.8) is 0 Å². The molecule has 0 saturated carbocycles. The van der Waals surface area contributed by atoms with Crippen LogP contribution in [0.1, 0.15) is 28.6 Å². The molecule has 0 aliphatic rings. The summed E-state index contributed by atoms with van der Waals surface area (Å²) in [5.41, 5.74) is 2.83. The highest BCUT2D eigenvalue weighted by atomic mass is 32.1. The Labute approximate surface area is 120 Å². The minimum Gasteiger partial charge on any atom is -0.451 e. The maximum absolute atomic E-state index is 12.2. The second-order valence-electron chi connectivity index (χ2n) is 4.53. The molecule has 0 fully saturated rings. The standard InChI is InChI=1S/C15H14N2O2S/c1-3-10-4-5-12-11(8-10)9(2)13(19-12)14(18)17-15-16-6-7-20-15/h4-8H,3H2,1-2H3,(H,16,17,18). The Bertz CT molecular complexity index is 760. The molecule has 0 atom stereocenters. The number of thiazole rings is 1. The number of fused-ring (bicyclic) bond motifs is 1. The SMILES string of the molecule is CCc1ccc2oc(C(=O)Nc3nccs3)c(C)c2c1. The van der Waals surface area contributed by atoms with E-state index < -0.39 is 0 Å². The molecule has 0 bridgehead atoms. The highest BCUT2D eigenvalue weighted by Gasteiger charge is 2.18. The van der Waals surface area contributed by atoms with Crippen LogP contribution in [-0.4, -0.2) is 10.9 Å². The molecule has 1 amide bonds. The van der Waals surface area contributed by atoms with Crippen molar-refractivity contribution in [2.24, 2.45) is 0 Å². The number of carbonyl (C=O) groups is 1. The molecule has 1 N–H and O–H groups in total. The maximum atomic E-state index is 12.2. The Hall–Kier alpha value is -2.14. The molecule has 2 aromatic heterocycles. The highest BCUT2D eigenvalue weighted by Crippen LogP contribution is 2.27. The molecule has 2 heterocycles. The van der Waals surface area contributed by atoms with Crippen molar-refractivity contribution in [2.75, 3.05) is 5.32 Å². The number of furan rings is 1. The van der Waals surface area contributed by atoms with Gasteiger partial charge >= 0.3 is 0 Å². The van der Waals surface area contributed by atoms with Crippen molar-refractivity contribution in [1.29, 1.82) is 0 Å². The van der Waals surface area contributed by atoms with Gasteiger partial charge in [-0.25, -0.2) is 4.98 Å². The van der Waals surface area contributed by atoms with E-state index >= 15 is 0 Å². The van der Waals surface area contributed by atoms with Crippen LogP contribution in [0.2, 0.25) is 0 Å². The van der Waals surface area contributed by atoms with Crippen molar-refractivity contribution < 1.29 is 9.21 Å². The van der Waals surface area contributed by atoms with Gasteiger partial charge in [0.2, 0.25) is 0 Å². The fraction of sp³-hybridized carbons (Fsp3) is 0.200. The maximum Gasteiger partial charge on any atom is 0.293 e. The summed E-state index contributed by atoms with van der Waals surface area (Å²) in [5, 5.41) is 6.12. The topological polar surface area (TPSA) is 55.1 Å². The fourth-order valence-corrected chi connectivity index (χ4v) is 2.67. The zero-order valence-corrected chi connectivity index (χ0v) is 12.1. The van der Waals surface area contributed by atoms with Gasteiger partial charge in [0, 0.05) is 22.5 Å². The second-order valence-corrected chi connectivity index (χ2v) is 5.43. The average Bonchev–Trinajstić information content (AvgIpc) is 3.07. The van der Waals surface area contributed by atoms with Gasteiger partial charge in [0.05, 0.1) is 0 Å². The number of amides is 1. The molecule has 1 aromatic carbocycles. The predicted octanol–water partition coefficient (Wildman–Crippen LogP) is 4.01. The predicted molar refractivity (Wildman–Crippen MR) is 80.4 cm³/mol. The van der Waals surface area contributed by atoms with Gasteiger partial charge in [-0.05, 0) is 31.0 Å². The summed E-state index contributed by atoms with van der Waals surface area (Å²) in [6.07, 6.45) is 2.61. The number of nitrogens with zero attached hydrogens (tertiary/aromatic N) is 1. The van der Waals surface area contributed by atoms with E-state index in [0.717, 1.165) is 23.0 Å². The first kappa shape index (κ1) is 12.9. The van der Waals surface area contributed by atoms with Gasteiger partial charge < -0.3 is 4.42 Å². The van der Waals surface area contributed by atoms with Crippen molar-refractivity contribution in [1.82, 2.24) is 4.98 Å². The zero-order valence-electron chi connectivity index (χ0n) is 11.3. The molecule has 0 unspecified atom stereocenters. The van der Waals surface area contributed by atoms with Gasteiger partial charge in [0.1, 0.15) is 5.58 Å². The summed E-state index contributed by atoms with van der Waals surface area (Å²) in [4.78, 5) is 16.3. The van der Waals surface area contributed by atoms with Crippen LogP contribution in [0.3, 0.4) is 0 Å². The summed E-state index contributed by atoms with van der Waals surface area (Å²) in [6.45, 7) is 4.01. The molecular formula is C15H14N2O2S. The number of hydrogen-bond acceptors (Lipinski definition) is 4. The lowest BCUT2D eigenvalue weighted by atomic mass is 10.1. The molecule has 3 aromatic rings. The summed E-state index contributed by atoms with van der Waals surface area (Å²) in [7, 11) is 0. The molecule has 0 saturated heterocycles. The molecule has 0 spiro atoms. The van der Waals surface area contributed by atoms with Crippen LogP contribution in [0.25, 0.3) is 11.0 Å². The minimum absolute atomic E-state index is 0.258. The first-order chi connectivity index (χ1) is 9.69. The number of anilines is 1. The smallest absolute Gasteiger partial charge is 0.293 e. The van der Waals surface area contributed by atoms with Gasteiger partial charge in [-0.1, -0.05) is 13.0 Å². The molecular weight excluding hydrogens is 272 g/mol. The lowest BCUT2D eigenvalue weighted by molar-refractivity contribution is 0.0998. The fourth-order valence-electron chi connectivity index (χ4n) is 2.14. The molecule has 20 heavy (non-hydrogen) atoms. The molecule has 102 valence electrons. The van der Waals surface area contributed by atoms with E-state index in [9.17, 15) is 4.79 Å². The number of nitrogens with one attached hydrogen (secondary N) is 1. The Morgan fingerprint density at radius 1 is 1.45 bits per heavy atom. The van der Waals surface area contributed by atoms with E-state index in [2.05, 4.69) is 23.3 Å². The number of rotatable bonds is 3. The van der Waals surface area contributed by atoms with Crippen LogP contribution in [0, 0.1) is 6.92 Å². The number of benzene rings is 1. The van der Waals surface area contributed by atoms with Crippen molar-refractivity contribution >= 4 is 33.3 Å². The first-order valence-corrected chi connectivity index (χ1v) is 7.30. The minimum atomic E-state index is -0.258. The summed E-state index contributed by atoms with van der Waals surface area (Å²) < 4.78 is 5.67. The molecule has 0 aliphatic heterocycles. The lowest BCUT2D eigenvalue weighted by Crippen LogP contribution is -2.11. The van der Waals surface area contributed by atoms with E-state index in [1.54, 1.807) is 6.20 Å². The Morgan fingerprint density at radius 2 is 2.30 bits per heavy atom. The van der Waals surface area contributed by atoms with E-state index in [0.29, 0.717) is 10.9 Å². The van der Waals surface area contributed by atoms with E-state index in [1.165, 1.54) is 16.9 Å². The van der Waals surface area contributed by atoms with Crippen LogP contribution in [-0.2, 0) is 6.42 Å². The van der Waals surface area contributed by atoms with Gasteiger partial charge in [0.25, 0.3) is 5.91 Å². The van der Waals surface area contributed by atoms with Crippen molar-refractivity contribution in [3.8, 4) is 0 Å². The van der Waals surface area contributed by atoms with Crippen LogP contribution < -0.4 is 5.32 Å². The van der Waals surface area contributed by atoms with E-state index in [1.807, 2.05) is 24.4 Å². The monoisotopic (exact) mass is 286 g/mol. The summed E-state index contributed by atoms with van der Waals surface area (Å²) in [6, 6.07) is 6.02. The molecule has 3 rings (SSSR count). The third kappa shape index (κ3) is 2.20. The van der Waals surface area contributed by atoms with Gasteiger partial charge in [0.15, 0.2) is 10.9 Å². The molecule has 0 radical (unpaired) electrons. The number of aryl methyl sites for hydroxylation is 2. The largest absolute Gasteiger partial charge is 0.451 e. The molecule has 5 heteroatoms. The van der Waals surface area contributed by atoms with E-state index in [4.69, 9.17) is 4.42 Å². The first-order valence-electron chi connectivity index (χ1n) is 6.42. The van der Waals surface area contributed by atoms with Crippen molar-refractivity contribution in [3.05, 3.63) is 46.7 Å². The Kier molecular flexibility index (Phi) is 3.28. The van der Waals surface area contributed by atoms with E-state index in [-0.39, 0.29) is 5.91 Å². The molecule has 0 aliphatic carbocycles. The van der Waals surface area contributed by atoms with Crippen molar-refractivity contribution in [2.45, 2.75) is 20.3 Å². The number of aromatic nitrogens is 1. The Morgan fingerprint density at radius 3 is 3.00 bits per heavy atom. The highest BCUT2D eigenvalue weighted by molar-refractivity contribution is 7.13. The average molecular weight is 286 g/mol. The lowest BCUT2D eigenvalue weighted by Gasteiger charge is -1.98. The van der Waals surface area contributed by atoms with Crippen LogP contribution >= 0.6 is 11.3 Å². The summed E-state index contributed by atoms with van der Waals surface area (Å²) >= 11 is 1.38. The quantitative estimate of drug-likeness (QED) is 0.791. The zero-order chi connectivity index (χ0) is 14.1. The van der Waals surface area contributed by atoms with Gasteiger partial charge in [-0.3, -0.25) is 10.1 Å². The second kappa shape index (κ2) is 5.09. The van der Waals surface area contributed by atoms with Gasteiger partial charge in [-0.2, -0.15) is 0 Å². The number of hydrogen-bond donors (Lipinski definition) is 1. The van der Waals surface area contributed by atoms with Crippen LogP contribution in [0.5, 0.6) is 0 Å². The third-order valence-electron chi connectivity index (χ3n) is 3.27. The number of carbonyl (C=O) groups excluding carboxylic acids is 1. The van der Waals surface area contributed by atoms with Crippen LogP contribution in [0.15, 0.2) is 34.2 Å².